The van der Waals surface area contributed by atoms with E-state index < -0.39 is 0 Å². The summed E-state index contributed by atoms with van der Waals surface area (Å²) >= 11 is 0. The molecule has 0 fully saturated rings. The van der Waals surface area contributed by atoms with Crippen molar-refractivity contribution in [1.82, 2.24) is 5.39 Å². The monoisotopic (exact) mass is 227 g/mol. The fraction of sp³-hybridized carbons (Fsp3) is 0.300. The summed E-state index contributed by atoms with van der Waals surface area (Å²) in [5, 5.41) is 16.3. The molecule has 0 bridgehead atoms. The Morgan fingerprint density at radius 1 is 1.25 bits per heavy atom. The minimum Gasteiger partial charge on any atom is -0.469 e. The first kappa shape index (κ1) is 12.6. The molecule has 0 atom stereocenters. The molecule has 0 amide bonds. The number of nitrogens with zero attached hydrogens (tertiary/aromatic N) is 1. The molecule has 0 aliphatic rings. The molecule has 0 saturated carbocycles. The Morgan fingerprint density at radius 3 is 2.31 bits per heavy atom. The van der Waals surface area contributed by atoms with E-state index in [-0.39, 0.29) is 24.4 Å². The molecule has 2 N–H and O–H groups in total. The van der Waals surface area contributed by atoms with E-state index in [0.29, 0.717) is 0 Å². The predicted octanol–water partition coefficient (Wildman–Crippen LogP) is 0.914. The van der Waals surface area contributed by atoms with Gasteiger partial charge in [-0.25, -0.2) is 4.84 Å². The van der Waals surface area contributed by atoms with Crippen molar-refractivity contribution in [2.45, 2.75) is 13.0 Å². The minimum atomic E-state index is -0.345. The van der Waals surface area contributed by atoms with Gasteiger partial charge >= 0.3 is 5.97 Å². The van der Waals surface area contributed by atoms with Crippen molar-refractivity contribution >= 4 is 5.97 Å². The molecule has 16 heavy (non-hydrogen) atoms. The Balaban J connectivity index is 2.51. The van der Waals surface area contributed by atoms with Crippen LogP contribution in [-0.4, -0.2) is 28.9 Å². The van der Waals surface area contributed by atoms with Crippen LogP contribution in [-0.2, 0) is 27.4 Å². The van der Waals surface area contributed by atoms with Crippen molar-refractivity contribution in [1.29, 1.82) is 0 Å². The fourth-order valence-electron chi connectivity index (χ4n) is 1.12. The second-order valence-electron chi connectivity index (χ2n) is 3.10. The van der Waals surface area contributed by atoms with Gasteiger partial charge in [0.05, 0.1) is 25.5 Å². The average Bonchev–Trinajstić information content (AvgIpc) is 2.28. The number of hydrogen-bond acceptors (Lipinski definition) is 6. The highest BCUT2D eigenvalue weighted by molar-refractivity contribution is 5.72. The number of carbonyl (C=O) groups excluding carboxylic acids is 1. The normalized spacial score (nSPS) is 10.5. The molecule has 0 unspecified atom stereocenters. The highest BCUT2D eigenvalue weighted by Gasteiger charge is 2.03. The van der Waals surface area contributed by atoms with Crippen molar-refractivity contribution in [3.8, 4) is 0 Å². The van der Waals surface area contributed by atoms with Crippen molar-refractivity contribution in [3.63, 3.8) is 0 Å². The molecule has 0 heterocycles. The number of hydrogen-bond donors (Lipinski definition) is 2. The molecular formula is C10H13NO5. The predicted molar refractivity (Wildman–Crippen MR) is 52.4 cm³/mol. The second-order valence-corrected chi connectivity index (χ2v) is 3.10. The van der Waals surface area contributed by atoms with E-state index in [1.54, 1.807) is 24.3 Å². The lowest BCUT2D eigenvalue weighted by Gasteiger charge is -2.06. The number of carbonyl (C=O) groups is 1. The summed E-state index contributed by atoms with van der Waals surface area (Å²) in [4.78, 5) is 15.4. The zero-order valence-corrected chi connectivity index (χ0v) is 8.79. The largest absolute Gasteiger partial charge is 0.469 e. The number of rotatable bonds is 5. The van der Waals surface area contributed by atoms with Gasteiger partial charge in [-0.3, -0.25) is 15.2 Å². The summed E-state index contributed by atoms with van der Waals surface area (Å²) in [5.41, 5.74) is 1.57. The van der Waals surface area contributed by atoms with Crippen LogP contribution in [0, 0.1) is 0 Å². The summed E-state index contributed by atoms with van der Waals surface area (Å²) in [7, 11) is 1.33. The van der Waals surface area contributed by atoms with Crippen LogP contribution in [0.15, 0.2) is 24.3 Å². The Hall–Kier alpha value is -1.47. The summed E-state index contributed by atoms with van der Waals surface area (Å²) in [6, 6.07) is 6.94. The van der Waals surface area contributed by atoms with E-state index in [2.05, 4.69) is 9.57 Å². The molecule has 88 valence electrons. The van der Waals surface area contributed by atoms with Gasteiger partial charge in [0.25, 0.3) is 0 Å². The van der Waals surface area contributed by atoms with Crippen LogP contribution in [0.1, 0.15) is 11.1 Å². The molecule has 0 spiro atoms. The molecule has 1 aromatic carbocycles. The molecule has 6 nitrogen and oxygen atoms in total. The van der Waals surface area contributed by atoms with E-state index in [1.807, 2.05) is 0 Å². The first-order valence-electron chi connectivity index (χ1n) is 4.57. The van der Waals surface area contributed by atoms with E-state index in [4.69, 9.17) is 10.4 Å². The van der Waals surface area contributed by atoms with Crippen LogP contribution in [0.25, 0.3) is 0 Å². The maximum atomic E-state index is 11.0. The number of benzene rings is 1. The number of esters is 1. The van der Waals surface area contributed by atoms with Gasteiger partial charge in [0, 0.05) is 0 Å². The summed E-state index contributed by atoms with van der Waals surface area (Å²) < 4.78 is 4.53. The Labute approximate surface area is 92.5 Å². The molecule has 1 aromatic rings. The van der Waals surface area contributed by atoms with Crippen molar-refractivity contribution in [2.75, 3.05) is 7.11 Å². The van der Waals surface area contributed by atoms with Crippen molar-refractivity contribution in [2.24, 2.45) is 0 Å². The van der Waals surface area contributed by atoms with E-state index >= 15 is 0 Å². The molecule has 1 rings (SSSR count). The third-order valence-electron chi connectivity index (χ3n) is 1.95. The third-order valence-corrected chi connectivity index (χ3v) is 1.95. The average molecular weight is 227 g/mol. The molecule has 0 aromatic heterocycles. The maximum absolute atomic E-state index is 11.0. The van der Waals surface area contributed by atoms with Crippen LogP contribution >= 0.6 is 0 Å². The fourth-order valence-corrected chi connectivity index (χ4v) is 1.12. The van der Waals surface area contributed by atoms with Gasteiger partial charge < -0.3 is 4.74 Å². The van der Waals surface area contributed by atoms with E-state index in [1.165, 1.54) is 7.11 Å². The quantitative estimate of drug-likeness (QED) is 0.575. The van der Waals surface area contributed by atoms with Crippen LogP contribution in [0.5, 0.6) is 0 Å². The molecule has 0 aliphatic carbocycles. The van der Waals surface area contributed by atoms with Gasteiger partial charge in [0.2, 0.25) is 0 Å². The van der Waals surface area contributed by atoms with Gasteiger partial charge in [0.15, 0.2) is 0 Å². The first-order valence-corrected chi connectivity index (χ1v) is 4.57. The lowest BCUT2D eigenvalue weighted by molar-refractivity contribution is -0.497. The Kier molecular flexibility index (Phi) is 4.87. The van der Waals surface area contributed by atoms with Crippen LogP contribution in [0.2, 0.25) is 0 Å². The van der Waals surface area contributed by atoms with Crippen molar-refractivity contribution < 1.29 is 24.8 Å². The SMILES string of the molecule is COC(=O)Cc1ccc(CON(O)O)cc1. The van der Waals surface area contributed by atoms with Gasteiger partial charge in [0.1, 0.15) is 0 Å². The standard InChI is InChI=1S/C10H13NO5/c1-15-10(12)6-8-2-4-9(5-3-8)7-16-11(13)14/h2-5,13-14H,6-7H2,1H3. The lowest BCUT2D eigenvalue weighted by Crippen LogP contribution is -2.13. The Bertz CT molecular complexity index is 336. The molecular weight excluding hydrogens is 214 g/mol. The summed E-state index contributed by atoms with van der Waals surface area (Å²) in [5.74, 6) is -0.305. The maximum Gasteiger partial charge on any atom is 0.309 e. The van der Waals surface area contributed by atoms with Gasteiger partial charge in [-0.2, -0.15) is 0 Å². The van der Waals surface area contributed by atoms with Crippen LogP contribution in [0.4, 0.5) is 0 Å². The molecule has 0 aliphatic heterocycles. The van der Waals surface area contributed by atoms with Gasteiger partial charge in [-0.15, -0.1) is 0 Å². The highest BCUT2D eigenvalue weighted by Crippen LogP contribution is 2.07. The lowest BCUT2D eigenvalue weighted by atomic mass is 10.1. The minimum absolute atomic E-state index is 0.0332. The van der Waals surface area contributed by atoms with E-state index in [9.17, 15) is 4.79 Å². The zero-order chi connectivity index (χ0) is 12.0. The number of methoxy groups -OCH3 is 1. The topological polar surface area (TPSA) is 79.2 Å². The summed E-state index contributed by atoms with van der Waals surface area (Å²) in [6.45, 7) is 0.0332. The molecule has 0 saturated heterocycles. The molecule has 6 heteroatoms. The van der Waals surface area contributed by atoms with E-state index in [0.717, 1.165) is 11.1 Å². The van der Waals surface area contributed by atoms with Crippen molar-refractivity contribution in [3.05, 3.63) is 35.4 Å². The van der Waals surface area contributed by atoms with Crippen LogP contribution in [0.3, 0.4) is 0 Å². The van der Waals surface area contributed by atoms with Gasteiger partial charge in [-0.1, -0.05) is 24.3 Å². The second kappa shape index (κ2) is 6.19. The molecule has 0 radical (unpaired) electrons. The first-order chi connectivity index (χ1) is 7.61. The smallest absolute Gasteiger partial charge is 0.309 e. The highest BCUT2D eigenvalue weighted by atomic mass is 17.1. The van der Waals surface area contributed by atoms with Gasteiger partial charge in [-0.05, 0) is 11.1 Å². The Morgan fingerprint density at radius 2 is 1.81 bits per heavy atom. The van der Waals surface area contributed by atoms with Crippen LogP contribution < -0.4 is 0 Å². The number of ether oxygens (including phenoxy) is 1. The summed E-state index contributed by atoms with van der Waals surface area (Å²) in [6.07, 6.45) is 0.212. The third kappa shape index (κ3) is 4.37. The zero-order valence-electron chi connectivity index (χ0n) is 8.79.